The van der Waals surface area contributed by atoms with Gasteiger partial charge in [0.05, 0.1) is 11.1 Å². The summed E-state index contributed by atoms with van der Waals surface area (Å²) in [7, 11) is 0. The summed E-state index contributed by atoms with van der Waals surface area (Å²) in [6, 6.07) is 15.2. The van der Waals surface area contributed by atoms with Crippen molar-refractivity contribution in [2.45, 2.75) is 23.0 Å². The van der Waals surface area contributed by atoms with Gasteiger partial charge in [-0.15, -0.1) is 0 Å². The molecule has 1 heterocycles. The number of nitrogens with one attached hydrogen (secondary N) is 1. The normalized spacial score (nSPS) is 25.4. The molecule has 22 heavy (non-hydrogen) atoms. The fourth-order valence-corrected chi connectivity index (χ4v) is 3.81. The lowest BCUT2D eigenvalue weighted by atomic mass is 9.79. The molecule has 2 aromatic rings. The van der Waals surface area contributed by atoms with E-state index in [1.54, 1.807) is 12.1 Å². The van der Waals surface area contributed by atoms with Crippen LogP contribution in [0.25, 0.3) is 0 Å². The number of alkyl halides is 4. The van der Waals surface area contributed by atoms with E-state index >= 15 is 0 Å². The van der Waals surface area contributed by atoms with Crippen molar-refractivity contribution in [2.75, 3.05) is 6.54 Å². The lowest BCUT2D eigenvalue weighted by Gasteiger charge is -2.33. The van der Waals surface area contributed by atoms with Gasteiger partial charge in [-0.1, -0.05) is 64.5 Å². The first-order chi connectivity index (χ1) is 10.4. The van der Waals surface area contributed by atoms with Gasteiger partial charge in [-0.05, 0) is 23.6 Å². The quantitative estimate of drug-likeness (QED) is 0.756. The Morgan fingerprint density at radius 3 is 2.23 bits per heavy atom. The second-order valence-corrected chi connectivity index (χ2v) is 6.79. The molecule has 1 aliphatic rings. The topological polar surface area (TPSA) is 12.0 Å². The van der Waals surface area contributed by atoms with Gasteiger partial charge < -0.3 is 5.32 Å². The van der Waals surface area contributed by atoms with Gasteiger partial charge in [0.25, 0.3) is 0 Å². The summed E-state index contributed by atoms with van der Waals surface area (Å²) in [5, 5.41) is 3.32. The van der Waals surface area contributed by atoms with Crippen LogP contribution in [0.1, 0.15) is 23.1 Å². The maximum Gasteiger partial charge on any atom is 0.416 e. The summed E-state index contributed by atoms with van der Waals surface area (Å²) in [6.07, 6.45) is -3.80. The maximum atomic E-state index is 13.4. The molecule has 1 nitrogen and oxygen atoms in total. The molecule has 0 aromatic heterocycles. The summed E-state index contributed by atoms with van der Waals surface area (Å²) in [6.45, 7) is 0.626. The highest BCUT2D eigenvalue weighted by atomic mass is 79.9. The molecule has 1 fully saturated rings. The Balaban J connectivity index is 2.21. The molecule has 0 saturated carbocycles. The Labute approximate surface area is 135 Å². The SMILES string of the molecule is FC(F)(F)c1ccccc1C1(c2ccccc2)CC(Br)CN1. The van der Waals surface area contributed by atoms with Crippen molar-refractivity contribution in [2.24, 2.45) is 0 Å². The van der Waals surface area contributed by atoms with Crippen molar-refractivity contribution in [1.82, 2.24) is 5.32 Å². The third-order valence-corrected chi connectivity index (χ3v) is 4.76. The van der Waals surface area contributed by atoms with E-state index in [2.05, 4.69) is 21.2 Å². The van der Waals surface area contributed by atoms with Crippen LogP contribution in [-0.4, -0.2) is 11.4 Å². The molecule has 0 spiro atoms. The maximum absolute atomic E-state index is 13.4. The van der Waals surface area contributed by atoms with Gasteiger partial charge in [-0.3, -0.25) is 0 Å². The van der Waals surface area contributed by atoms with Crippen LogP contribution in [0.2, 0.25) is 0 Å². The van der Waals surface area contributed by atoms with Gasteiger partial charge in [0.2, 0.25) is 0 Å². The lowest BCUT2D eigenvalue weighted by molar-refractivity contribution is -0.138. The van der Waals surface area contributed by atoms with Crippen LogP contribution in [0.15, 0.2) is 54.6 Å². The van der Waals surface area contributed by atoms with Gasteiger partial charge in [0.15, 0.2) is 0 Å². The van der Waals surface area contributed by atoms with Crippen LogP contribution in [0.5, 0.6) is 0 Å². The fourth-order valence-electron chi connectivity index (χ4n) is 3.17. The van der Waals surface area contributed by atoms with Gasteiger partial charge >= 0.3 is 6.18 Å². The van der Waals surface area contributed by atoms with E-state index in [0.29, 0.717) is 13.0 Å². The van der Waals surface area contributed by atoms with Crippen molar-refractivity contribution >= 4 is 15.9 Å². The first-order valence-corrected chi connectivity index (χ1v) is 7.96. The smallest absolute Gasteiger partial charge is 0.303 e. The molecule has 1 saturated heterocycles. The summed E-state index contributed by atoms with van der Waals surface area (Å²) in [4.78, 5) is 0.133. The number of hydrogen-bond donors (Lipinski definition) is 1. The Bertz CT molecular complexity index is 656. The summed E-state index contributed by atoms with van der Waals surface area (Å²) < 4.78 is 40.3. The van der Waals surface area contributed by atoms with Crippen molar-refractivity contribution in [3.8, 4) is 0 Å². The zero-order chi connectivity index (χ0) is 15.8. The summed E-state index contributed by atoms with van der Waals surface area (Å²) >= 11 is 3.54. The highest BCUT2D eigenvalue weighted by molar-refractivity contribution is 9.09. The van der Waals surface area contributed by atoms with Crippen LogP contribution in [-0.2, 0) is 11.7 Å². The van der Waals surface area contributed by atoms with Crippen molar-refractivity contribution in [3.05, 3.63) is 71.3 Å². The van der Waals surface area contributed by atoms with Gasteiger partial charge in [0, 0.05) is 11.4 Å². The van der Waals surface area contributed by atoms with Gasteiger partial charge in [0.1, 0.15) is 0 Å². The molecule has 5 heteroatoms. The number of rotatable bonds is 2. The molecule has 2 aromatic carbocycles. The zero-order valence-electron chi connectivity index (χ0n) is 11.7. The molecule has 116 valence electrons. The Hall–Kier alpha value is -1.33. The lowest BCUT2D eigenvalue weighted by Crippen LogP contribution is -2.39. The van der Waals surface area contributed by atoms with Crippen molar-refractivity contribution < 1.29 is 13.2 Å². The predicted molar refractivity (Wildman–Crippen MR) is 84.0 cm³/mol. The second kappa shape index (κ2) is 5.70. The molecular weight excluding hydrogens is 355 g/mol. The standard InChI is InChI=1S/C17H15BrF3N/c18-13-10-16(22-11-13,12-6-2-1-3-7-12)14-8-4-5-9-15(14)17(19,20)21/h1-9,13,22H,10-11H2. The van der Waals surface area contributed by atoms with Crippen molar-refractivity contribution in [3.63, 3.8) is 0 Å². The van der Waals surface area contributed by atoms with E-state index in [9.17, 15) is 13.2 Å². The fraction of sp³-hybridized carbons (Fsp3) is 0.294. The molecule has 3 rings (SSSR count). The molecule has 0 radical (unpaired) electrons. The molecule has 0 aliphatic carbocycles. The van der Waals surface area contributed by atoms with E-state index in [1.807, 2.05) is 30.3 Å². The molecule has 1 aliphatic heterocycles. The second-order valence-electron chi connectivity index (χ2n) is 5.50. The van der Waals surface area contributed by atoms with Crippen LogP contribution in [0.3, 0.4) is 0 Å². The Morgan fingerprint density at radius 2 is 1.64 bits per heavy atom. The van der Waals surface area contributed by atoms with Crippen LogP contribution >= 0.6 is 15.9 Å². The molecule has 1 N–H and O–H groups in total. The van der Waals surface area contributed by atoms with E-state index in [4.69, 9.17) is 0 Å². The van der Waals surface area contributed by atoms with E-state index in [-0.39, 0.29) is 10.4 Å². The molecular formula is C17H15BrF3N. The average molecular weight is 370 g/mol. The third kappa shape index (κ3) is 2.68. The summed E-state index contributed by atoms with van der Waals surface area (Å²) in [5.74, 6) is 0. The average Bonchev–Trinajstić information content (AvgIpc) is 2.91. The Morgan fingerprint density at radius 1 is 1.00 bits per heavy atom. The highest BCUT2D eigenvalue weighted by Crippen LogP contribution is 2.44. The zero-order valence-corrected chi connectivity index (χ0v) is 13.3. The van der Waals surface area contributed by atoms with Gasteiger partial charge in [-0.25, -0.2) is 0 Å². The summed E-state index contributed by atoms with van der Waals surface area (Å²) in [5.41, 5.74) is -0.251. The molecule has 2 atom stereocenters. The molecule has 0 amide bonds. The Kier molecular flexibility index (Phi) is 4.03. The van der Waals surface area contributed by atoms with Crippen molar-refractivity contribution in [1.29, 1.82) is 0 Å². The third-order valence-electron chi connectivity index (χ3n) is 4.11. The van der Waals surface area contributed by atoms with E-state index < -0.39 is 17.3 Å². The number of benzene rings is 2. The van der Waals surface area contributed by atoms with E-state index in [0.717, 1.165) is 11.6 Å². The van der Waals surface area contributed by atoms with E-state index in [1.165, 1.54) is 6.07 Å². The number of halogens is 4. The van der Waals surface area contributed by atoms with Crippen LogP contribution in [0.4, 0.5) is 13.2 Å². The first-order valence-electron chi connectivity index (χ1n) is 7.05. The van der Waals surface area contributed by atoms with Gasteiger partial charge in [-0.2, -0.15) is 13.2 Å². The largest absolute Gasteiger partial charge is 0.416 e. The minimum atomic E-state index is -4.37. The first kappa shape index (κ1) is 15.6. The molecule has 0 bridgehead atoms. The van der Waals surface area contributed by atoms with Crippen LogP contribution in [0, 0.1) is 0 Å². The predicted octanol–water partition coefficient (Wildman–Crippen LogP) is 4.71. The number of hydrogen-bond acceptors (Lipinski definition) is 1. The minimum Gasteiger partial charge on any atom is -0.303 e. The highest BCUT2D eigenvalue weighted by Gasteiger charge is 2.46. The van der Waals surface area contributed by atoms with Crippen LogP contribution < -0.4 is 5.32 Å². The molecule has 2 unspecified atom stereocenters. The monoisotopic (exact) mass is 369 g/mol. The minimum absolute atomic E-state index is 0.133.